The van der Waals surface area contributed by atoms with E-state index >= 15 is 0 Å². The highest BCUT2D eigenvalue weighted by atomic mass is 16.5. The van der Waals surface area contributed by atoms with Gasteiger partial charge in [0.25, 0.3) is 0 Å². The van der Waals surface area contributed by atoms with Gasteiger partial charge in [0.15, 0.2) is 0 Å². The lowest BCUT2D eigenvalue weighted by Crippen LogP contribution is -2.00. The maximum atomic E-state index is 10.9. The van der Waals surface area contributed by atoms with Crippen molar-refractivity contribution >= 4 is 11.7 Å². The highest BCUT2D eigenvalue weighted by Crippen LogP contribution is 2.11. The molecular formula is C12H17NO2. The molecule has 1 aromatic carbocycles. The van der Waals surface area contributed by atoms with Crippen LogP contribution in [0.1, 0.15) is 18.4 Å². The van der Waals surface area contributed by atoms with E-state index in [1.165, 1.54) is 12.7 Å². The lowest BCUT2D eigenvalue weighted by Gasteiger charge is -2.03. The molecular weight excluding hydrogens is 190 g/mol. The van der Waals surface area contributed by atoms with Gasteiger partial charge in [0.2, 0.25) is 0 Å². The Morgan fingerprint density at radius 2 is 2.00 bits per heavy atom. The van der Waals surface area contributed by atoms with Crippen LogP contribution in [0.25, 0.3) is 0 Å². The van der Waals surface area contributed by atoms with E-state index in [9.17, 15) is 4.79 Å². The Morgan fingerprint density at radius 1 is 1.33 bits per heavy atom. The third-order valence-electron chi connectivity index (χ3n) is 2.32. The van der Waals surface area contributed by atoms with Gasteiger partial charge in [-0.15, -0.1) is 0 Å². The summed E-state index contributed by atoms with van der Waals surface area (Å²) in [6.45, 7) is 0. The Labute approximate surface area is 90.4 Å². The van der Waals surface area contributed by atoms with Crippen LogP contribution in [0.3, 0.4) is 0 Å². The summed E-state index contributed by atoms with van der Waals surface area (Å²) in [6.07, 6.45) is 2.24. The number of ether oxygens (including phenoxy) is 1. The number of hydrogen-bond donors (Lipinski definition) is 1. The van der Waals surface area contributed by atoms with E-state index in [-0.39, 0.29) is 5.97 Å². The van der Waals surface area contributed by atoms with E-state index < -0.39 is 0 Å². The molecule has 0 fully saturated rings. The third-order valence-corrected chi connectivity index (χ3v) is 2.32. The number of benzene rings is 1. The van der Waals surface area contributed by atoms with Gasteiger partial charge in [-0.3, -0.25) is 4.79 Å². The van der Waals surface area contributed by atoms with Gasteiger partial charge >= 0.3 is 5.97 Å². The zero-order chi connectivity index (χ0) is 11.1. The van der Waals surface area contributed by atoms with Gasteiger partial charge in [-0.25, -0.2) is 0 Å². The molecule has 0 aliphatic heterocycles. The number of esters is 1. The van der Waals surface area contributed by atoms with Crippen LogP contribution in [0.2, 0.25) is 0 Å². The highest BCUT2D eigenvalue weighted by Gasteiger charge is 2.00. The molecule has 0 unspecified atom stereocenters. The average molecular weight is 207 g/mol. The predicted octanol–water partition coefficient (Wildman–Crippen LogP) is 2.22. The summed E-state index contributed by atoms with van der Waals surface area (Å²) < 4.78 is 4.58. The molecule has 1 rings (SSSR count). The second kappa shape index (κ2) is 6.06. The number of anilines is 1. The second-order valence-electron chi connectivity index (χ2n) is 3.38. The number of rotatable bonds is 5. The molecule has 1 aromatic rings. The fourth-order valence-corrected chi connectivity index (χ4v) is 1.38. The first-order valence-electron chi connectivity index (χ1n) is 5.09. The van der Waals surface area contributed by atoms with Crippen LogP contribution >= 0.6 is 0 Å². The summed E-state index contributed by atoms with van der Waals surface area (Å²) in [6, 6.07) is 8.22. The van der Waals surface area contributed by atoms with Crippen molar-refractivity contribution < 1.29 is 9.53 Å². The summed E-state index contributed by atoms with van der Waals surface area (Å²) in [5, 5.41) is 3.06. The summed E-state index contributed by atoms with van der Waals surface area (Å²) in [5.41, 5.74) is 2.35. The first-order valence-corrected chi connectivity index (χ1v) is 5.09. The van der Waals surface area contributed by atoms with Gasteiger partial charge in [0.05, 0.1) is 7.11 Å². The van der Waals surface area contributed by atoms with Crippen molar-refractivity contribution in [2.75, 3.05) is 19.5 Å². The van der Waals surface area contributed by atoms with Gasteiger partial charge in [0, 0.05) is 19.2 Å². The van der Waals surface area contributed by atoms with Gasteiger partial charge < -0.3 is 10.1 Å². The predicted molar refractivity (Wildman–Crippen MR) is 60.9 cm³/mol. The molecule has 0 aromatic heterocycles. The van der Waals surface area contributed by atoms with Crippen molar-refractivity contribution in [3.63, 3.8) is 0 Å². The Balaban J connectivity index is 2.34. The summed E-state index contributed by atoms with van der Waals surface area (Å²) in [5.74, 6) is -0.137. The van der Waals surface area contributed by atoms with Crippen molar-refractivity contribution in [1.29, 1.82) is 0 Å². The minimum Gasteiger partial charge on any atom is -0.469 e. The Morgan fingerprint density at radius 3 is 2.53 bits per heavy atom. The van der Waals surface area contributed by atoms with E-state index in [0.29, 0.717) is 6.42 Å². The molecule has 15 heavy (non-hydrogen) atoms. The highest BCUT2D eigenvalue weighted by molar-refractivity contribution is 5.69. The van der Waals surface area contributed by atoms with Crippen molar-refractivity contribution in [2.45, 2.75) is 19.3 Å². The quantitative estimate of drug-likeness (QED) is 0.752. The van der Waals surface area contributed by atoms with Crippen LogP contribution in [0.4, 0.5) is 5.69 Å². The van der Waals surface area contributed by atoms with Crippen LogP contribution in [-0.2, 0) is 16.0 Å². The molecule has 0 saturated carbocycles. The third kappa shape index (κ3) is 4.02. The molecule has 1 N–H and O–H groups in total. The number of carbonyl (C=O) groups excluding carboxylic acids is 1. The SMILES string of the molecule is CNc1ccc(CCCC(=O)OC)cc1. The Bertz CT molecular complexity index is 306. The van der Waals surface area contributed by atoms with E-state index in [1.54, 1.807) is 0 Å². The second-order valence-corrected chi connectivity index (χ2v) is 3.38. The zero-order valence-corrected chi connectivity index (χ0v) is 9.25. The molecule has 0 spiro atoms. The molecule has 0 amide bonds. The zero-order valence-electron chi connectivity index (χ0n) is 9.25. The number of methoxy groups -OCH3 is 1. The number of hydrogen-bond acceptors (Lipinski definition) is 3. The summed E-state index contributed by atoms with van der Waals surface area (Å²) in [4.78, 5) is 10.9. The molecule has 0 radical (unpaired) electrons. The largest absolute Gasteiger partial charge is 0.469 e. The fourth-order valence-electron chi connectivity index (χ4n) is 1.38. The van der Waals surface area contributed by atoms with Gasteiger partial charge in [-0.1, -0.05) is 12.1 Å². The molecule has 0 aliphatic rings. The van der Waals surface area contributed by atoms with Crippen molar-refractivity contribution in [3.05, 3.63) is 29.8 Å². The van der Waals surface area contributed by atoms with Crippen LogP contribution in [0.15, 0.2) is 24.3 Å². The standard InChI is InChI=1S/C12H17NO2/c1-13-11-8-6-10(7-9-11)4-3-5-12(14)15-2/h6-9,13H,3-5H2,1-2H3. The van der Waals surface area contributed by atoms with Crippen LogP contribution in [0, 0.1) is 0 Å². The van der Waals surface area contributed by atoms with Crippen molar-refractivity contribution in [1.82, 2.24) is 0 Å². The van der Waals surface area contributed by atoms with Crippen LogP contribution in [-0.4, -0.2) is 20.1 Å². The smallest absolute Gasteiger partial charge is 0.305 e. The topological polar surface area (TPSA) is 38.3 Å². The van der Waals surface area contributed by atoms with E-state index in [2.05, 4.69) is 22.2 Å². The molecule has 3 heteroatoms. The van der Waals surface area contributed by atoms with E-state index in [0.717, 1.165) is 18.5 Å². The molecule has 0 atom stereocenters. The average Bonchev–Trinajstić information content (AvgIpc) is 2.29. The maximum absolute atomic E-state index is 10.9. The first-order chi connectivity index (χ1) is 7.26. The Kier molecular flexibility index (Phi) is 4.68. The van der Waals surface area contributed by atoms with E-state index in [1.807, 2.05) is 19.2 Å². The summed E-state index contributed by atoms with van der Waals surface area (Å²) in [7, 11) is 3.32. The van der Waals surface area contributed by atoms with Crippen LogP contribution in [0.5, 0.6) is 0 Å². The van der Waals surface area contributed by atoms with Gasteiger partial charge in [0.1, 0.15) is 0 Å². The normalized spacial score (nSPS) is 9.73. The first kappa shape index (κ1) is 11.6. The number of carbonyl (C=O) groups is 1. The monoisotopic (exact) mass is 207 g/mol. The molecule has 0 saturated heterocycles. The van der Waals surface area contributed by atoms with Crippen molar-refractivity contribution in [3.8, 4) is 0 Å². The molecule has 0 heterocycles. The van der Waals surface area contributed by atoms with Crippen LogP contribution < -0.4 is 5.32 Å². The minimum absolute atomic E-state index is 0.137. The van der Waals surface area contributed by atoms with Gasteiger partial charge in [-0.2, -0.15) is 0 Å². The molecule has 0 aliphatic carbocycles. The lowest BCUT2D eigenvalue weighted by molar-refractivity contribution is -0.140. The number of aryl methyl sites for hydroxylation is 1. The minimum atomic E-state index is -0.137. The maximum Gasteiger partial charge on any atom is 0.305 e. The number of nitrogens with one attached hydrogen (secondary N) is 1. The van der Waals surface area contributed by atoms with Gasteiger partial charge in [-0.05, 0) is 30.5 Å². The van der Waals surface area contributed by atoms with Crippen molar-refractivity contribution in [2.24, 2.45) is 0 Å². The summed E-state index contributed by atoms with van der Waals surface area (Å²) >= 11 is 0. The molecule has 0 bridgehead atoms. The molecule has 3 nitrogen and oxygen atoms in total. The lowest BCUT2D eigenvalue weighted by atomic mass is 10.1. The Hall–Kier alpha value is -1.51. The molecule has 82 valence electrons. The fraction of sp³-hybridized carbons (Fsp3) is 0.417. The van der Waals surface area contributed by atoms with E-state index in [4.69, 9.17) is 0 Å².